The van der Waals surface area contributed by atoms with Gasteiger partial charge in [-0.15, -0.1) is 0 Å². The molecule has 0 saturated heterocycles. The van der Waals surface area contributed by atoms with Crippen molar-refractivity contribution in [3.8, 4) is 0 Å². The van der Waals surface area contributed by atoms with Crippen LogP contribution in [-0.4, -0.2) is 13.7 Å². The number of hydrogen-bond donors (Lipinski definition) is 1. The minimum Gasteiger partial charge on any atom is -0.260 e. The first-order chi connectivity index (χ1) is 9.07. The van der Waals surface area contributed by atoms with E-state index in [0.717, 1.165) is 11.1 Å². The molecule has 1 aromatic carbocycles. The largest absolute Gasteiger partial charge is 0.328 e. The van der Waals surface area contributed by atoms with E-state index in [1.165, 1.54) is 0 Å². The molecule has 0 N–H and O–H groups in total. The Morgan fingerprint density at radius 1 is 1.15 bits per heavy atom. The van der Waals surface area contributed by atoms with Crippen LogP contribution in [-0.2, 0) is 9.24 Å². The number of amides is 1. The molecule has 112 valence electrons. The fourth-order valence-electron chi connectivity index (χ4n) is 2.04. The van der Waals surface area contributed by atoms with Gasteiger partial charge in [-0.3, -0.25) is 4.79 Å². The molecular formula is C13H18ClNO3S2. The third kappa shape index (κ3) is 3.68. The van der Waals surface area contributed by atoms with Crippen LogP contribution in [0.3, 0.4) is 0 Å². The lowest BCUT2D eigenvalue weighted by Gasteiger charge is -2.26. The van der Waals surface area contributed by atoms with Gasteiger partial charge in [-0.1, -0.05) is 58.5 Å². The lowest BCUT2D eigenvalue weighted by molar-refractivity contribution is 0.268. The Bertz CT molecular complexity index is 586. The first-order valence-corrected chi connectivity index (χ1v) is 8.89. The molecule has 20 heavy (non-hydrogen) atoms. The molecule has 1 aromatic rings. The van der Waals surface area contributed by atoms with Crippen molar-refractivity contribution in [2.24, 2.45) is 0 Å². The van der Waals surface area contributed by atoms with Gasteiger partial charge in [0.2, 0.25) is 0 Å². The van der Waals surface area contributed by atoms with Crippen molar-refractivity contribution in [2.75, 3.05) is 4.31 Å². The highest BCUT2D eigenvalue weighted by Crippen LogP contribution is 2.37. The second-order valence-corrected chi connectivity index (χ2v) is 7.83. The van der Waals surface area contributed by atoms with E-state index in [2.05, 4.69) is 12.6 Å². The van der Waals surface area contributed by atoms with Gasteiger partial charge in [0, 0.05) is 10.7 Å². The van der Waals surface area contributed by atoms with Crippen LogP contribution >= 0.6 is 23.3 Å². The summed E-state index contributed by atoms with van der Waals surface area (Å²) in [6.07, 6.45) is 0. The standard InChI is InChI=1S/C13H18ClNO3S2/c1-8(2)10-6-5-7-11(9(3)4)12(10)15(13(16)19)20(14,17)18/h5-9H,1-4H3,(H,16,19). The second-order valence-electron chi connectivity index (χ2n) is 5.08. The van der Waals surface area contributed by atoms with Gasteiger partial charge < -0.3 is 0 Å². The van der Waals surface area contributed by atoms with E-state index < -0.39 is 14.5 Å². The van der Waals surface area contributed by atoms with Crippen LogP contribution < -0.4 is 4.31 Å². The SMILES string of the molecule is CC(C)c1cccc(C(C)C)c1N(C(=O)S)S(=O)(=O)Cl. The Balaban J connectivity index is 3.74. The Morgan fingerprint density at radius 2 is 1.55 bits per heavy atom. The first kappa shape index (κ1) is 17.3. The predicted molar refractivity (Wildman–Crippen MR) is 86.3 cm³/mol. The lowest BCUT2D eigenvalue weighted by Crippen LogP contribution is -2.31. The first-order valence-electron chi connectivity index (χ1n) is 6.18. The number of hydrogen-bond acceptors (Lipinski definition) is 3. The summed E-state index contributed by atoms with van der Waals surface area (Å²) in [4.78, 5) is 11.7. The van der Waals surface area contributed by atoms with Crippen molar-refractivity contribution in [3.63, 3.8) is 0 Å². The van der Waals surface area contributed by atoms with E-state index >= 15 is 0 Å². The molecule has 4 nitrogen and oxygen atoms in total. The number of nitrogens with zero attached hydrogens (tertiary/aromatic N) is 1. The summed E-state index contributed by atoms with van der Waals surface area (Å²) in [5, 5.41) is -0.921. The molecule has 0 heterocycles. The minimum atomic E-state index is -4.25. The monoisotopic (exact) mass is 335 g/mol. The summed E-state index contributed by atoms with van der Waals surface area (Å²) in [7, 11) is 1.16. The van der Waals surface area contributed by atoms with Crippen molar-refractivity contribution in [1.82, 2.24) is 0 Å². The summed E-state index contributed by atoms with van der Waals surface area (Å²) < 4.78 is 24.0. The van der Waals surface area contributed by atoms with Crippen molar-refractivity contribution >= 4 is 43.5 Å². The van der Waals surface area contributed by atoms with Gasteiger partial charge in [-0.25, -0.2) is 0 Å². The van der Waals surface area contributed by atoms with E-state index in [1.54, 1.807) is 12.1 Å². The molecule has 7 heteroatoms. The molecule has 0 saturated carbocycles. The number of thiol groups is 1. The van der Waals surface area contributed by atoms with Gasteiger partial charge in [-0.05, 0) is 23.0 Å². The molecule has 1 rings (SSSR count). The average Bonchev–Trinajstić information content (AvgIpc) is 2.25. The Kier molecular flexibility index (Phi) is 5.52. The predicted octanol–water partition coefficient (Wildman–Crippen LogP) is 4.27. The van der Waals surface area contributed by atoms with Crippen molar-refractivity contribution in [3.05, 3.63) is 29.3 Å². The maximum atomic E-state index is 11.7. The van der Waals surface area contributed by atoms with Gasteiger partial charge in [0.25, 0.3) is 5.24 Å². The summed E-state index contributed by atoms with van der Waals surface area (Å²) >= 11 is 3.65. The highest BCUT2D eigenvalue weighted by molar-refractivity contribution is 8.17. The molecule has 1 amide bonds. The second kappa shape index (κ2) is 6.37. The Morgan fingerprint density at radius 3 is 1.80 bits per heavy atom. The zero-order valence-corrected chi connectivity index (χ0v) is 14.3. The molecule has 0 aliphatic heterocycles. The van der Waals surface area contributed by atoms with E-state index in [9.17, 15) is 13.2 Å². The fraction of sp³-hybridized carbons (Fsp3) is 0.462. The zero-order valence-electron chi connectivity index (χ0n) is 11.8. The molecule has 0 atom stereocenters. The highest BCUT2D eigenvalue weighted by atomic mass is 35.7. The van der Waals surface area contributed by atoms with E-state index in [1.807, 2.05) is 33.8 Å². The third-order valence-electron chi connectivity index (χ3n) is 2.94. The van der Waals surface area contributed by atoms with Crippen LogP contribution in [0.2, 0.25) is 0 Å². The third-order valence-corrected chi connectivity index (χ3v) is 4.47. The molecule has 0 aliphatic rings. The minimum absolute atomic E-state index is 0.0392. The maximum absolute atomic E-state index is 11.7. The zero-order chi connectivity index (χ0) is 15.7. The number of anilines is 1. The van der Waals surface area contributed by atoms with Crippen molar-refractivity contribution in [2.45, 2.75) is 39.5 Å². The van der Waals surface area contributed by atoms with Crippen LogP contribution in [0.5, 0.6) is 0 Å². The number of para-hydroxylation sites is 1. The van der Waals surface area contributed by atoms with Crippen LogP contribution in [0, 0.1) is 0 Å². The normalized spacial score (nSPS) is 12.0. The Hall–Kier alpha value is -0.720. The van der Waals surface area contributed by atoms with Crippen LogP contribution in [0.4, 0.5) is 10.5 Å². The topological polar surface area (TPSA) is 54.5 Å². The maximum Gasteiger partial charge on any atom is 0.328 e. The summed E-state index contributed by atoms with van der Waals surface area (Å²) in [5.41, 5.74) is 1.79. The smallest absolute Gasteiger partial charge is 0.260 e. The van der Waals surface area contributed by atoms with E-state index in [-0.39, 0.29) is 11.8 Å². The Labute approximate surface area is 130 Å². The van der Waals surface area contributed by atoms with Gasteiger partial charge in [0.1, 0.15) is 0 Å². The summed E-state index contributed by atoms with van der Waals surface area (Å²) in [6, 6.07) is 5.42. The van der Waals surface area contributed by atoms with Crippen LogP contribution in [0.25, 0.3) is 0 Å². The number of benzene rings is 1. The fourth-order valence-corrected chi connectivity index (χ4v) is 3.62. The average molecular weight is 336 g/mol. The number of rotatable bonds is 4. The molecule has 0 radical (unpaired) electrons. The van der Waals surface area contributed by atoms with Gasteiger partial charge in [0.05, 0.1) is 5.69 Å². The molecule has 0 fully saturated rings. The molecule has 0 bridgehead atoms. The highest BCUT2D eigenvalue weighted by Gasteiger charge is 2.30. The summed E-state index contributed by atoms with van der Waals surface area (Å²) in [6.45, 7) is 7.69. The van der Waals surface area contributed by atoms with E-state index in [0.29, 0.717) is 9.99 Å². The van der Waals surface area contributed by atoms with Gasteiger partial charge >= 0.3 is 9.24 Å². The van der Waals surface area contributed by atoms with E-state index in [4.69, 9.17) is 10.7 Å². The molecule has 0 unspecified atom stereocenters. The molecule has 0 spiro atoms. The quantitative estimate of drug-likeness (QED) is 0.660. The summed E-state index contributed by atoms with van der Waals surface area (Å²) in [5.74, 6) is 0.0783. The van der Waals surface area contributed by atoms with Crippen molar-refractivity contribution in [1.29, 1.82) is 0 Å². The number of carbonyl (C=O) groups is 1. The molecule has 0 aromatic heterocycles. The van der Waals surface area contributed by atoms with Crippen LogP contribution in [0.15, 0.2) is 18.2 Å². The van der Waals surface area contributed by atoms with Gasteiger partial charge in [-0.2, -0.15) is 12.7 Å². The molecular weight excluding hydrogens is 318 g/mol. The lowest BCUT2D eigenvalue weighted by atomic mass is 9.93. The number of carbonyl (C=O) groups excluding carboxylic acids is 1. The molecule has 0 aliphatic carbocycles. The van der Waals surface area contributed by atoms with Crippen molar-refractivity contribution < 1.29 is 13.2 Å². The van der Waals surface area contributed by atoms with Crippen LogP contribution in [0.1, 0.15) is 50.7 Å². The number of halogens is 1. The van der Waals surface area contributed by atoms with Gasteiger partial charge in [0.15, 0.2) is 0 Å².